The fraction of sp³-hybridized carbons (Fsp3) is 0. The molecule has 0 saturated heterocycles. The van der Waals surface area contributed by atoms with Crippen LogP contribution in [-0.2, 0) is 0 Å². The zero-order valence-electron chi connectivity index (χ0n) is 13.3. The molecule has 0 spiro atoms. The van der Waals surface area contributed by atoms with Crippen LogP contribution in [0.5, 0.6) is 0 Å². The van der Waals surface area contributed by atoms with E-state index in [-0.39, 0.29) is 14.5 Å². The van der Waals surface area contributed by atoms with Gasteiger partial charge in [0.2, 0.25) is 0 Å². The minimum atomic E-state index is -4.94. The molecule has 0 aliphatic heterocycles. The first-order valence-corrected chi connectivity index (χ1v) is 10.4. The van der Waals surface area contributed by atoms with Crippen molar-refractivity contribution in [3.63, 3.8) is 0 Å². The molecule has 0 saturated carbocycles. The zero-order chi connectivity index (χ0) is 18.6. The predicted octanol–water partition coefficient (Wildman–Crippen LogP) is -1.54. The molecular formula is C18H13ClN2O4Se. The van der Waals surface area contributed by atoms with Gasteiger partial charge in [0.25, 0.3) is 0 Å². The van der Waals surface area contributed by atoms with Crippen LogP contribution in [0.15, 0.2) is 79.1 Å². The Morgan fingerprint density at radius 3 is 1.88 bits per heavy atom. The van der Waals surface area contributed by atoms with Crippen molar-refractivity contribution in [2.24, 2.45) is 0 Å². The molecule has 0 bridgehead atoms. The number of benzene rings is 2. The van der Waals surface area contributed by atoms with Crippen LogP contribution in [0.4, 0.5) is 0 Å². The third-order valence-corrected chi connectivity index (χ3v) is 5.79. The molecule has 0 fully saturated rings. The van der Waals surface area contributed by atoms with Crippen molar-refractivity contribution in [2.45, 2.75) is 0 Å². The molecule has 2 aromatic heterocycles. The SMILES string of the molecule is [O-][Cl+3]([O-])([O-])[O-].c1ccc(-c2[se]c3nccc[n+]3c2-c2ccccc2)cc1. The Morgan fingerprint density at radius 1 is 0.769 bits per heavy atom. The van der Waals surface area contributed by atoms with E-state index >= 15 is 0 Å². The van der Waals surface area contributed by atoms with Gasteiger partial charge >= 0.3 is 129 Å². The molecule has 0 N–H and O–H groups in total. The van der Waals surface area contributed by atoms with Crippen molar-refractivity contribution in [1.82, 2.24) is 4.98 Å². The summed E-state index contributed by atoms with van der Waals surface area (Å²) < 4.78 is 38.8. The number of rotatable bonds is 2. The fourth-order valence-electron chi connectivity index (χ4n) is 2.50. The second-order valence-corrected chi connectivity index (χ2v) is 7.97. The summed E-state index contributed by atoms with van der Waals surface area (Å²) in [6.45, 7) is 0. The molecule has 0 radical (unpaired) electrons. The third-order valence-electron chi connectivity index (χ3n) is 3.44. The van der Waals surface area contributed by atoms with Crippen molar-refractivity contribution in [2.75, 3.05) is 0 Å². The Balaban J connectivity index is 0.000000349. The van der Waals surface area contributed by atoms with Crippen molar-refractivity contribution >= 4 is 19.0 Å². The number of halogens is 1. The monoisotopic (exact) mass is 436 g/mol. The summed E-state index contributed by atoms with van der Waals surface area (Å²) in [5.41, 5.74) is 3.81. The molecule has 26 heavy (non-hydrogen) atoms. The molecule has 0 atom stereocenters. The molecular weight excluding hydrogens is 423 g/mol. The van der Waals surface area contributed by atoms with Gasteiger partial charge in [-0.3, -0.25) is 0 Å². The summed E-state index contributed by atoms with van der Waals surface area (Å²) in [5, 5.41) is 0. The summed E-state index contributed by atoms with van der Waals surface area (Å²) in [7, 11) is -4.94. The van der Waals surface area contributed by atoms with Gasteiger partial charge in [-0.25, -0.2) is 18.6 Å². The molecule has 132 valence electrons. The molecule has 8 heteroatoms. The second kappa shape index (κ2) is 8.07. The molecule has 0 amide bonds. The Bertz CT molecular complexity index is 982. The maximum atomic E-state index is 8.49. The zero-order valence-corrected chi connectivity index (χ0v) is 15.8. The van der Waals surface area contributed by atoms with Gasteiger partial charge in [0, 0.05) is 0 Å². The topological polar surface area (TPSA) is 109 Å². The van der Waals surface area contributed by atoms with E-state index < -0.39 is 10.2 Å². The molecule has 0 aliphatic rings. The van der Waals surface area contributed by atoms with E-state index in [1.807, 2.05) is 12.3 Å². The van der Waals surface area contributed by atoms with Gasteiger partial charge in [-0.15, -0.1) is 10.2 Å². The van der Waals surface area contributed by atoms with Crippen LogP contribution in [0.3, 0.4) is 0 Å². The van der Waals surface area contributed by atoms with Crippen LogP contribution >= 0.6 is 0 Å². The van der Waals surface area contributed by atoms with Crippen LogP contribution in [0.2, 0.25) is 0 Å². The minimum absolute atomic E-state index is 0.230. The van der Waals surface area contributed by atoms with Crippen LogP contribution in [0, 0.1) is 10.2 Å². The predicted molar refractivity (Wildman–Crippen MR) is 85.2 cm³/mol. The van der Waals surface area contributed by atoms with Crippen molar-refractivity contribution < 1.29 is 33.3 Å². The van der Waals surface area contributed by atoms with E-state index in [0.29, 0.717) is 0 Å². The first-order valence-electron chi connectivity index (χ1n) is 7.45. The first kappa shape index (κ1) is 18.7. The quantitative estimate of drug-likeness (QED) is 0.280. The normalized spacial score (nSPS) is 11.1. The van der Waals surface area contributed by atoms with Crippen LogP contribution < -0.4 is 23.0 Å². The Kier molecular flexibility index (Phi) is 5.80. The Morgan fingerprint density at radius 2 is 1.31 bits per heavy atom. The second-order valence-electron chi connectivity index (χ2n) is 5.16. The van der Waals surface area contributed by atoms with Crippen LogP contribution in [0.25, 0.3) is 25.8 Å². The fourth-order valence-corrected chi connectivity index (χ4v) is 4.84. The number of hydrogen-bond donors (Lipinski definition) is 0. The Hall–Kier alpha value is -2.09. The summed E-state index contributed by atoms with van der Waals surface area (Å²) in [5.74, 6) is 0. The number of aromatic nitrogens is 2. The standard InChI is InChI=1S/C18H13N2Se.ClHO4/c1-3-8-14(9-4-1)16-17(15-10-5-2-6-11-15)21-18-19-12-7-13-20(16)18;2-1(3,4)5/h1-13H;(H,2,3,4,5)/q+1;/p-1. The van der Waals surface area contributed by atoms with E-state index in [1.54, 1.807) is 0 Å². The average molecular weight is 436 g/mol. The van der Waals surface area contributed by atoms with Crippen LogP contribution in [0.1, 0.15) is 0 Å². The van der Waals surface area contributed by atoms with Gasteiger partial charge in [-0.05, 0) is 0 Å². The molecule has 4 aromatic rings. The third kappa shape index (κ3) is 4.75. The number of fused-ring (bicyclic) bond motifs is 1. The van der Waals surface area contributed by atoms with Gasteiger partial charge in [0.05, 0.1) is 0 Å². The molecule has 2 aromatic carbocycles. The molecule has 2 heterocycles. The summed E-state index contributed by atoms with van der Waals surface area (Å²) in [6, 6.07) is 23.2. The van der Waals surface area contributed by atoms with Crippen molar-refractivity contribution in [3.05, 3.63) is 79.1 Å². The van der Waals surface area contributed by atoms with Gasteiger partial charge in [-0.2, -0.15) is 0 Å². The van der Waals surface area contributed by atoms with Crippen molar-refractivity contribution in [1.29, 1.82) is 0 Å². The number of nitrogens with zero attached hydrogens (tertiary/aromatic N) is 2. The Labute approximate surface area is 157 Å². The molecule has 6 nitrogen and oxygen atoms in total. The van der Waals surface area contributed by atoms with E-state index in [2.05, 4.69) is 76.2 Å². The van der Waals surface area contributed by atoms with E-state index in [4.69, 9.17) is 18.6 Å². The van der Waals surface area contributed by atoms with E-state index in [0.717, 1.165) is 4.52 Å². The molecule has 0 aliphatic carbocycles. The molecule has 0 unspecified atom stereocenters. The van der Waals surface area contributed by atoms with Gasteiger partial charge < -0.3 is 0 Å². The average Bonchev–Trinajstić information content (AvgIpc) is 3.01. The number of hydrogen-bond acceptors (Lipinski definition) is 5. The maximum absolute atomic E-state index is 8.49. The summed E-state index contributed by atoms with van der Waals surface area (Å²) >= 11 is 0.230. The summed E-state index contributed by atoms with van der Waals surface area (Å²) in [4.78, 5) is 4.56. The van der Waals surface area contributed by atoms with Gasteiger partial charge in [0.1, 0.15) is 0 Å². The van der Waals surface area contributed by atoms with Gasteiger partial charge in [-0.1, -0.05) is 0 Å². The summed E-state index contributed by atoms with van der Waals surface area (Å²) in [6.07, 6.45) is 3.99. The van der Waals surface area contributed by atoms with E-state index in [9.17, 15) is 0 Å². The van der Waals surface area contributed by atoms with E-state index in [1.165, 1.54) is 21.3 Å². The van der Waals surface area contributed by atoms with Gasteiger partial charge in [0.15, 0.2) is 0 Å². The molecule has 4 rings (SSSR count). The first-order chi connectivity index (χ1) is 12.4. The van der Waals surface area contributed by atoms with Crippen LogP contribution in [-0.4, -0.2) is 19.5 Å². The van der Waals surface area contributed by atoms with Crippen molar-refractivity contribution in [3.8, 4) is 21.3 Å².